The molecule has 1 aromatic carbocycles. The van der Waals surface area contributed by atoms with E-state index in [1.807, 2.05) is 18.2 Å². The van der Waals surface area contributed by atoms with Crippen LogP contribution in [0.25, 0.3) is 0 Å². The molecule has 1 fully saturated rings. The Morgan fingerprint density at radius 3 is 2.28 bits per heavy atom. The van der Waals surface area contributed by atoms with Gasteiger partial charge in [-0.05, 0) is 49.2 Å². The van der Waals surface area contributed by atoms with Gasteiger partial charge in [-0.3, -0.25) is 4.79 Å². The maximum atomic E-state index is 12.3. The Morgan fingerprint density at radius 2 is 1.68 bits per heavy atom. The first-order valence-electron chi connectivity index (χ1n) is 8.92. The number of anilines is 2. The van der Waals surface area contributed by atoms with Gasteiger partial charge in [-0.1, -0.05) is 25.7 Å². The molecule has 0 aliphatic heterocycles. The van der Waals surface area contributed by atoms with E-state index < -0.39 is 0 Å². The van der Waals surface area contributed by atoms with Gasteiger partial charge in [0.1, 0.15) is 11.4 Å². The fraction of sp³-hybridized carbons (Fsp3) is 0.400. The summed E-state index contributed by atoms with van der Waals surface area (Å²) < 4.78 is 5.11. The zero-order valence-electron chi connectivity index (χ0n) is 14.6. The Labute approximate surface area is 148 Å². The van der Waals surface area contributed by atoms with Crippen molar-refractivity contribution in [2.75, 3.05) is 17.7 Å². The van der Waals surface area contributed by atoms with Crippen LogP contribution in [0.2, 0.25) is 0 Å². The van der Waals surface area contributed by atoms with Gasteiger partial charge in [-0.15, -0.1) is 0 Å². The Morgan fingerprint density at radius 1 is 1.00 bits per heavy atom. The van der Waals surface area contributed by atoms with Crippen molar-refractivity contribution in [3.8, 4) is 5.75 Å². The molecule has 132 valence electrons. The van der Waals surface area contributed by atoms with Gasteiger partial charge in [0.2, 0.25) is 0 Å². The lowest BCUT2D eigenvalue weighted by molar-refractivity contribution is 0.102. The standard InChI is InChI=1S/C20H25N3O2/c1-25-18-11-8-16(9-12-18)23-20(24)19-13-10-17(14-21-19)22-15-6-4-2-3-5-7-15/h8-15,22H,2-7H2,1H3,(H,23,24). The van der Waals surface area contributed by atoms with E-state index in [-0.39, 0.29) is 5.91 Å². The van der Waals surface area contributed by atoms with E-state index in [1.165, 1.54) is 38.5 Å². The lowest BCUT2D eigenvalue weighted by Crippen LogP contribution is -2.19. The van der Waals surface area contributed by atoms with Gasteiger partial charge in [0, 0.05) is 11.7 Å². The van der Waals surface area contributed by atoms with Crippen LogP contribution in [0.3, 0.4) is 0 Å². The van der Waals surface area contributed by atoms with E-state index in [9.17, 15) is 4.79 Å². The minimum absolute atomic E-state index is 0.216. The van der Waals surface area contributed by atoms with Crippen LogP contribution in [0, 0.1) is 0 Å². The van der Waals surface area contributed by atoms with E-state index in [0.717, 1.165) is 11.4 Å². The number of carbonyl (C=O) groups is 1. The van der Waals surface area contributed by atoms with Gasteiger partial charge < -0.3 is 15.4 Å². The first kappa shape index (κ1) is 17.3. The van der Waals surface area contributed by atoms with Crippen LogP contribution in [0.15, 0.2) is 42.6 Å². The molecule has 0 spiro atoms. The Balaban J connectivity index is 1.57. The Bertz CT molecular complexity index is 675. The number of aromatic nitrogens is 1. The molecule has 2 aromatic rings. The number of benzene rings is 1. The van der Waals surface area contributed by atoms with Gasteiger partial charge >= 0.3 is 0 Å². The molecule has 0 radical (unpaired) electrons. The van der Waals surface area contributed by atoms with Crippen molar-refractivity contribution < 1.29 is 9.53 Å². The average Bonchev–Trinajstić information content (AvgIpc) is 2.91. The van der Waals surface area contributed by atoms with E-state index >= 15 is 0 Å². The van der Waals surface area contributed by atoms with E-state index in [0.29, 0.717) is 17.4 Å². The van der Waals surface area contributed by atoms with Crippen molar-refractivity contribution in [3.05, 3.63) is 48.3 Å². The van der Waals surface area contributed by atoms with Crippen LogP contribution in [0.1, 0.15) is 49.0 Å². The molecular weight excluding hydrogens is 314 g/mol. The van der Waals surface area contributed by atoms with Gasteiger partial charge in [-0.25, -0.2) is 4.98 Å². The quantitative estimate of drug-likeness (QED) is 0.789. The molecule has 5 heteroatoms. The lowest BCUT2D eigenvalue weighted by atomic mass is 10.1. The molecule has 3 rings (SSSR count). The van der Waals surface area contributed by atoms with Crippen molar-refractivity contribution in [2.45, 2.75) is 44.6 Å². The highest BCUT2D eigenvalue weighted by molar-refractivity contribution is 6.02. The molecular formula is C20H25N3O2. The maximum absolute atomic E-state index is 12.3. The van der Waals surface area contributed by atoms with Gasteiger partial charge in [0.05, 0.1) is 19.0 Å². The maximum Gasteiger partial charge on any atom is 0.274 e. The predicted molar refractivity (Wildman–Crippen MR) is 100 cm³/mol. The number of carbonyl (C=O) groups excluding carboxylic acids is 1. The molecule has 1 saturated carbocycles. The highest BCUT2D eigenvalue weighted by atomic mass is 16.5. The zero-order chi connectivity index (χ0) is 17.5. The number of hydrogen-bond acceptors (Lipinski definition) is 4. The molecule has 25 heavy (non-hydrogen) atoms. The van der Waals surface area contributed by atoms with Crippen LogP contribution in [0.5, 0.6) is 5.75 Å². The molecule has 0 unspecified atom stereocenters. The first-order valence-corrected chi connectivity index (χ1v) is 8.92. The van der Waals surface area contributed by atoms with Gasteiger partial charge in [0.25, 0.3) is 5.91 Å². The Hall–Kier alpha value is -2.56. The van der Waals surface area contributed by atoms with Crippen LogP contribution < -0.4 is 15.4 Å². The third-order valence-corrected chi connectivity index (χ3v) is 4.57. The molecule has 1 aromatic heterocycles. The molecule has 1 heterocycles. The SMILES string of the molecule is COc1ccc(NC(=O)c2ccc(NC3CCCCCC3)cn2)cc1. The van der Waals surface area contributed by atoms with Crippen LogP contribution in [0.4, 0.5) is 11.4 Å². The number of ether oxygens (including phenoxy) is 1. The highest BCUT2D eigenvalue weighted by Crippen LogP contribution is 2.21. The molecule has 2 N–H and O–H groups in total. The number of rotatable bonds is 5. The molecule has 5 nitrogen and oxygen atoms in total. The fourth-order valence-electron chi connectivity index (χ4n) is 3.14. The molecule has 0 bridgehead atoms. The third kappa shape index (κ3) is 4.95. The van der Waals surface area contributed by atoms with Crippen molar-refractivity contribution in [2.24, 2.45) is 0 Å². The number of nitrogens with one attached hydrogen (secondary N) is 2. The molecule has 0 saturated heterocycles. The third-order valence-electron chi connectivity index (χ3n) is 4.57. The topological polar surface area (TPSA) is 63.2 Å². The molecule has 1 amide bonds. The predicted octanol–water partition coefficient (Wildman–Crippen LogP) is 4.48. The zero-order valence-corrected chi connectivity index (χ0v) is 14.6. The number of methoxy groups -OCH3 is 1. The summed E-state index contributed by atoms with van der Waals surface area (Å²) in [5, 5.41) is 6.38. The van der Waals surface area contributed by atoms with Crippen LogP contribution in [-0.2, 0) is 0 Å². The normalized spacial score (nSPS) is 15.2. The van der Waals surface area contributed by atoms with Gasteiger partial charge in [0.15, 0.2) is 0 Å². The lowest BCUT2D eigenvalue weighted by Gasteiger charge is -2.17. The number of pyridine rings is 1. The van der Waals surface area contributed by atoms with E-state index in [4.69, 9.17) is 4.74 Å². The Kier molecular flexibility index (Phi) is 5.88. The summed E-state index contributed by atoms with van der Waals surface area (Å²) in [4.78, 5) is 16.6. The summed E-state index contributed by atoms with van der Waals surface area (Å²) in [6.45, 7) is 0. The average molecular weight is 339 g/mol. The second kappa shape index (κ2) is 8.51. The second-order valence-corrected chi connectivity index (χ2v) is 6.45. The van der Waals surface area contributed by atoms with Gasteiger partial charge in [-0.2, -0.15) is 0 Å². The number of hydrogen-bond donors (Lipinski definition) is 2. The summed E-state index contributed by atoms with van der Waals surface area (Å²) in [5.74, 6) is 0.538. The molecule has 1 aliphatic rings. The van der Waals surface area contributed by atoms with Crippen molar-refractivity contribution >= 4 is 17.3 Å². The largest absolute Gasteiger partial charge is 0.497 e. The van der Waals surface area contributed by atoms with E-state index in [1.54, 1.807) is 31.5 Å². The summed E-state index contributed by atoms with van der Waals surface area (Å²) in [6.07, 6.45) is 9.40. The highest BCUT2D eigenvalue weighted by Gasteiger charge is 2.13. The fourth-order valence-corrected chi connectivity index (χ4v) is 3.14. The van der Waals surface area contributed by atoms with E-state index in [2.05, 4.69) is 15.6 Å². The van der Waals surface area contributed by atoms with Crippen molar-refractivity contribution in [1.29, 1.82) is 0 Å². The monoisotopic (exact) mass is 339 g/mol. The van der Waals surface area contributed by atoms with Crippen molar-refractivity contribution in [1.82, 2.24) is 4.98 Å². The summed E-state index contributed by atoms with van der Waals surface area (Å²) in [6, 6.07) is 11.4. The minimum Gasteiger partial charge on any atom is -0.497 e. The van der Waals surface area contributed by atoms with Crippen molar-refractivity contribution in [3.63, 3.8) is 0 Å². The van der Waals surface area contributed by atoms with Crippen LogP contribution >= 0.6 is 0 Å². The minimum atomic E-state index is -0.216. The smallest absolute Gasteiger partial charge is 0.274 e. The molecule has 0 atom stereocenters. The first-order chi connectivity index (χ1) is 12.2. The van der Waals surface area contributed by atoms with Crippen LogP contribution in [-0.4, -0.2) is 24.0 Å². The molecule has 1 aliphatic carbocycles. The summed E-state index contributed by atoms with van der Waals surface area (Å²) in [5.41, 5.74) is 2.10. The second-order valence-electron chi connectivity index (χ2n) is 6.45. The summed E-state index contributed by atoms with van der Waals surface area (Å²) in [7, 11) is 1.61. The number of nitrogens with zero attached hydrogens (tertiary/aromatic N) is 1. The summed E-state index contributed by atoms with van der Waals surface area (Å²) >= 11 is 0. The number of amides is 1.